The summed E-state index contributed by atoms with van der Waals surface area (Å²) in [5.41, 5.74) is 0.296. The SMILES string of the molecule is COC(=O)C(C)(C)COc1c(Cl)cccc1CNC1CC1. The van der Waals surface area contributed by atoms with Crippen molar-refractivity contribution in [3.63, 3.8) is 0 Å². The molecule has 0 radical (unpaired) electrons. The Morgan fingerprint density at radius 2 is 2.14 bits per heavy atom. The van der Waals surface area contributed by atoms with Crippen molar-refractivity contribution in [2.24, 2.45) is 5.41 Å². The zero-order valence-corrected chi connectivity index (χ0v) is 13.5. The highest BCUT2D eigenvalue weighted by Crippen LogP contribution is 2.31. The van der Waals surface area contributed by atoms with Gasteiger partial charge in [0, 0.05) is 18.2 Å². The van der Waals surface area contributed by atoms with Gasteiger partial charge in [-0.25, -0.2) is 0 Å². The predicted molar refractivity (Wildman–Crippen MR) is 82.6 cm³/mol. The summed E-state index contributed by atoms with van der Waals surface area (Å²) >= 11 is 6.23. The fraction of sp³-hybridized carbons (Fsp3) is 0.562. The molecular weight excluding hydrogens is 290 g/mol. The van der Waals surface area contributed by atoms with E-state index in [1.54, 1.807) is 19.9 Å². The van der Waals surface area contributed by atoms with Crippen molar-refractivity contribution in [3.8, 4) is 5.75 Å². The summed E-state index contributed by atoms with van der Waals surface area (Å²) in [6, 6.07) is 6.30. The van der Waals surface area contributed by atoms with Gasteiger partial charge in [-0.2, -0.15) is 0 Å². The zero-order valence-electron chi connectivity index (χ0n) is 12.7. The third-order valence-corrected chi connectivity index (χ3v) is 3.82. The predicted octanol–water partition coefficient (Wildman–Crippen LogP) is 3.17. The highest BCUT2D eigenvalue weighted by atomic mass is 35.5. The Kier molecular flexibility index (Phi) is 5.12. The Morgan fingerprint density at radius 1 is 1.43 bits per heavy atom. The molecule has 1 fully saturated rings. The molecule has 0 amide bonds. The smallest absolute Gasteiger partial charge is 0.314 e. The number of hydrogen-bond donors (Lipinski definition) is 1. The maximum absolute atomic E-state index is 11.7. The molecule has 1 aromatic rings. The molecule has 2 rings (SSSR count). The van der Waals surface area contributed by atoms with Gasteiger partial charge in [-0.05, 0) is 32.8 Å². The summed E-state index contributed by atoms with van der Waals surface area (Å²) in [5.74, 6) is 0.344. The molecule has 5 heteroatoms. The molecule has 4 nitrogen and oxygen atoms in total. The lowest BCUT2D eigenvalue weighted by atomic mass is 9.95. The third kappa shape index (κ3) is 4.35. The van der Waals surface area contributed by atoms with Crippen molar-refractivity contribution < 1.29 is 14.3 Å². The lowest BCUT2D eigenvalue weighted by molar-refractivity contribution is -0.152. The van der Waals surface area contributed by atoms with Crippen molar-refractivity contribution in [3.05, 3.63) is 28.8 Å². The second-order valence-electron chi connectivity index (χ2n) is 6.05. The van der Waals surface area contributed by atoms with Crippen LogP contribution in [-0.4, -0.2) is 25.7 Å². The fourth-order valence-corrected chi connectivity index (χ4v) is 2.23. The monoisotopic (exact) mass is 311 g/mol. The number of ether oxygens (including phenoxy) is 2. The molecule has 0 atom stereocenters. The zero-order chi connectivity index (χ0) is 15.5. The van der Waals surface area contributed by atoms with E-state index < -0.39 is 5.41 Å². The van der Waals surface area contributed by atoms with E-state index in [0.29, 0.717) is 16.8 Å². The minimum atomic E-state index is -0.713. The Bertz CT molecular complexity index is 512. The molecule has 1 aliphatic carbocycles. The van der Waals surface area contributed by atoms with Gasteiger partial charge in [0.15, 0.2) is 0 Å². The molecule has 0 aromatic heterocycles. The maximum atomic E-state index is 11.7. The van der Waals surface area contributed by atoms with Crippen molar-refractivity contribution >= 4 is 17.6 Å². The standard InChI is InChI=1S/C16H22ClNO3/c1-16(2,15(19)20-3)10-21-14-11(5-4-6-13(14)17)9-18-12-7-8-12/h4-6,12,18H,7-10H2,1-3H3. The number of halogens is 1. The number of esters is 1. The summed E-state index contributed by atoms with van der Waals surface area (Å²) in [6.45, 7) is 4.52. The molecule has 21 heavy (non-hydrogen) atoms. The Balaban J connectivity index is 2.05. The molecule has 1 saturated carbocycles. The molecule has 0 heterocycles. The van der Waals surface area contributed by atoms with Gasteiger partial charge in [0.25, 0.3) is 0 Å². The fourth-order valence-electron chi connectivity index (χ4n) is 1.98. The summed E-state index contributed by atoms with van der Waals surface area (Å²) in [6.07, 6.45) is 2.46. The van der Waals surface area contributed by atoms with Gasteiger partial charge >= 0.3 is 5.97 Å². The second-order valence-corrected chi connectivity index (χ2v) is 6.45. The van der Waals surface area contributed by atoms with E-state index in [2.05, 4.69) is 5.32 Å². The molecular formula is C16H22ClNO3. The van der Waals surface area contributed by atoms with Crippen molar-refractivity contribution in [1.82, 2.24) is 5.32 Å². The van der Waals surface area contributed by atoms with Gasteiger partial charge in [0.2, 0.25) is 0 Å². The van der Waals surface area contributed by atoms with Crippen LogP contribution in [0, 0.1) is 5.41 Å². The van der Waals surface area contributed by atoms with Crippen molar-refractivity contribution in [2.75, 3.05) is 13.7 Å². The van der Waals surface area contributed by atoms with Gasteiger partial charge < -0.3 is 14.8 Å². The molecule has 0 bridgehead atoms. The lowest BCUT2D eigenvalue weighted by Crippen LogP contribution is -2.32. The van der Waals surface area contributed by atoms with Crippen LogP contribution in [0.1, 0.15) is 32.3 Å². The number of rotatable bonds is 7. The lowest BCUT2D eigenvalue weighted by Gasteiger charge is -2.23. The van der Waals surface area contributed by atoms with Crippen molar-refractivity contribution in [2.45, 2.75) is 39.3 Å². The van der Waals surface area contributed by atoms with Crippen LogP contribution >= 0.6 is 11.6 Å². The summed E-state index contributed by atoms with van der Waals surface area (Å²) < 4.78 is 10.6. The van der Waals surface area contributed by atoms with Crippen LogP contribution in [0.15, 0.2) is 18.2 Å². The Labute approximate surface area is 130 Å². The first-order valence-electron chi connectivity index (χ1n) is 7.16. The first-order chi connectivity index (χ1) is 9.94. The molecule has 0 unspecified atom stereocenters. The molecule has 0 aliphatic heterocycles. The first-order valence-corrected chi connectivity index (χ1v) is 7.54. The molecule has 0 spiro atoms. The Morgan fingerprint density at radius 3 is 2.76 bits per heavy atom. The number of carbonyl (C=O) groups is 1. The highest BCUT2D eigenvalue weighted by molar-refractivity contribution is 6.32. The van der Waals surface area contributed by atoms with Gasteiger partial charge in [0.05, 0.1) is 17.5 Å². The average Bonchev–Trinajstić information content (AvgIpc) is 3.27. The molecule has 0 saturated heterocycles. The number of benzene rings is 1. The van der Waals surface area contributed by atoms with E-state index in [-0.39, 0.29) is 12.6 Å². The maximum Gasteiger partial charge on any atom is 0.314 e. The quantitative estimate of drug-likeness (QED) is 0.786. The summed E-state index contributed by atoms with van der Waals surface area (Å²) in [7, 11) is 1.38. The van der Waals surface area contributed by atoms with Crippen LogP contribution in [0.25, 0.3) is 0 Å². The van der Waals surface area contributed by atoms with E-state index in [0.717, 1.165) is 12.1 Å². The number of nitrogens with one attached hydrogen (secondary N) is 1. The van der Waals surface area contributed by atoms with Crippen molar-refractivity contribution in [1.29, 1.82) is 0 Å². The average molecular weight is 312 g/mol. The molecule has 1 aromatic carbocycles. The van der Waals surface area contributed by atoms with Crippen LogP contribution in [-0.2, 0) is 16.1 Å². The van der Waals surface area contributed by atoms with Gasteiger partial charge in [-0.1, -0.05) is 23.7 Å². The normalized spacial score (nSPS) is 14.9. The largest absolute Gasteiger partial charge is 0.491 e. The Hall–Kier alpha value is -1.26. The van der Waals surface area contributed by atoms with Crippen LogP contribution < -0.4 is 10.1 Å². The topological polar surface area (TPSA) is 47.6 Å². The third-order valence-electron chi connectivity index (χ3n) is 3.52. The van der Waals surface area contributed by atoms with E-state index in [4.69, 9.17) is 21.1 Å². The second kappa shape index (κ2) is 6.67. The minimum absolute atomic E-state index is 0.222. The number of para-hydroxylation sites is 1. The number of carbonyl (C=O) groups excluding carboxylic acids is 1. The highest BCUT2D eigenvalue weighted by Gasteiger charge is 2.30. The summed E-state index contributed by atoms with van der Waals surface area (Å²) in [4.78, 5) is 11.7. The van der Waals surface area contributed by atoms with E-state index in [1.807, 2.05) is 12.1 Å². The van der Waals surface area contributed by atoms with Crippen LogP contribution in [0.5, 0.6) is 5.75 Å². The molecule has 116 valence electrons. The first kappa shape index (κ1) is 16.1. The van der Waals surface area contributed by atoms with Gasteiger partial charge in [0.1, 0.15) is 12.4 Å². The van der Waals surface area contributed by atoms with E-state index >= 15 is 0 Å². The molecule has 1 N–H and O–H groups in total. The molecule has 1 aliphatic rings. The number of hydrogen-bond acceptors (Lipinski definition) is 4. The van der Waals surface area contributed by atoms with Crippen LogP contribution in [0.3, 0.4) is 0 Å². The van der Waals surface area contributed by atoms with Gasteiger partial charge in [-0.3, -0.25) is 4.79 Å². The van der Waals surface area contributed by atoms with Crippen LogP contribution in [0.2, 0.25) is 5.02 Å². The van der Waals surface area contributed by atoms with E-state index in [1.165, 1.54) is 20.0 Å². The number of methoxy groups -OCH3 is 1. The van der Waals surface area contributed by atoms with E-state index in [9.17, 15) is 4.79 Å². The van der Waals surface area contributed by atoms with Crippen LogP contribution in [0.4, 0.5) is 0 Å². The van der Waals surface area contributed by atoms with Gasteiger partial charge in [-0.15, -0.1) is 0 Å². The minimum Gasteiger partial charge on any atom is -0.491 e. The summed E-state index contributed by atoms with van der Waals surface area (Å²) in [5, 5.41) is 4.00.